The molecular weight excluding hydrogens is 329 g/mol. The first-order valence-electron chi connectivity index (χ1n) is 5.10. The van der Waals surface area contributed by atoms with Crippen LogP contribution in [0.2, 0.25) is 0 Å². The maximum absolute atomic E-state index is 12.4. The molecule has 0 spiro atoms. The lowest BCUT2D eigenvalue weighted by Crippen LogP contribution is -2.54. The number of hydrogen-bond acceptors (Lipinski definition) is 3. The van der Waals surface area contributed by atoms with E-state index in [9.17, 15) is 40.3 Å². The maximum Gasteiger partial charge on any atom is 0.460 e. The Kier molecular flexibility index (Phi) is 7.88. The molecule has 0 fully saturated rings. The number of carbonyl (C=O) groups is 2. The summed E-state index contributed by atoms with van der Waals surface area (Å²) in [5.74, 6) is -14.3. The number of aliphatic carboxylic acids is 1. The van der Waals surface area contributed by atoms with E-state index < -0.39 is 36.6 Å². The minimum Gasteiger partial charge on any atom is -0.478 e. The molecule has 0 rings (SSSR count). The third-order valence-corrected chi connectivity index (χ3v) is 1.74. The minimum absolute atomic E-state index is 0.176. The molecule has 128 valence electrons. The summed E-state index contributed by atoms with van der Waals surface area (Å²) in [5, 5.41) is 7.89. The molecule has 22 heavy (non-hydrogen) atoms. The molecule has 0 atom stereocenters. The number of esters is 1. The first-order valence-corrected chi connectivity index (χ1v) is 5.10. The lowest BCUT2D eigenvalue weighted by Gasteiger charge is -2.27. The Morgan fingerprint density at radius 3 is 1.73 bits per heavy atom. The molecule has 1 N–H and O–H groups in total. The number of carboxylic acids is 1. The molecule has 0 unspecified atom stereocenters. The van der Waals surface area contributed by atoms with Gasteiger partial charge in [-0.25, -0.2) is 9.59 Å². The van der Waals surface area contributed by atoms with Gasteiger partial charge in [-0.1, -0.05) is 13.2 Å². The molecule has 4 nitrogen and oxygen atoms in total. The summed E-state index contributed by atoms with van der Waals surface area (Å²) in [4.78, 5) is 19.8. The number of ether oxygens (including phenoxy) is 1. The molecule has 0 aromatic carbocycles. The standard InChI is InChI=1S/C7H5F7O2.C4H6O2/c1-2-4(15)16-3-5(8,9)6(10,11)7(12,13)14;1-3(2)4(5)6/h2H,1,3H2;1H2,2H3,(H,5,6). The Bertz CT molecular complexity index is 428. The summed E-state index contributed by atoms with van der Waals surface area (Å²) in [7, 11) is 0. The van der Waals surface area contributed by atoms with Crippen molar-refractivity contribution in [2.75, 3.05) is 6.61 Å². The Labute approximate surface area is 119 Å². The summed E-state index contributed by atoms with van der Waals surface area (Å²) >= 11 is 0. The van der Waals surface area contributed by atoms with Crippen molar-refractivity contribution in [1.29, 1.82) is 0 Å². The quantitative estimate of drug-likeness (QED) is 0.474. The topological polar surface area (TPSA) is 63.6 Å². The smallest absolute Gasteiger partial charge is 0.460 e. The van der Waals surface area contributed by atoms with Crippen molar-refractivity contribution < 1.29 is 50.2 Å². The minimum atomic E-state index is -6.43. The van der Waals surface area contributed by atoms with Crippen molar-refractivity contribution in [2.24, 2.45) is 0 Å². The number of rotatable bonds is 5. The monoisotopic (exact) mass is 340 g/mol. The third kappa shape index (κ3) is 6.59. The summed E-state index contributed by atoms with van der Waals surface area (Å²) in [6.07, 6.45) is -6.08. The van der Waals surface area contributed by atoms with Crippen LogP contribution in [0.3, 0.4) is 0 Å². The maximum atomic E-state index is 12.4. The van der Waals surface area contributed by atoms with Crippen LogP contribution in [-0.2, 0) is 14.3 Å². The van der Waals surface area contributed by atoms with Crippen molar-refractivity contribution in [3.8, 4) is 0 Å². The van der Waals surface area contributed by atoms with Crippen LogP contribution in [-0.4, -0.2) is 41.7 Å². The van der Waals surface area contributed by atoms with Gasteiger partial charge in [-0.05, 0) is 6.92 Å². The van der Waals surface area contributed by atoms with Crippen LogP contribution in [0.15, 0.2) is 24.8 Å². The van der Waals surface area contributed by atoms with E-state index in [0.29, 0.717) is 6.08 Å². The first kappa shape index (κ1) is 22.2. The molecule has 0 aromatic rings. The van der Waals surface area contributed by atoms with Crippen molar-refractivity contribution in [3.63, 3.8) is 0 Å². The van der Waals surface area contributed by atoms with E-state index in [1.807, 2.05) is 0 Å². The summed E-state index contributed by atoms with van der Waals surface area (Å²) in [6.45, 7) is 4.96. The number of halogens is 7. The fourth-order valence-electron chi connectivity index (χ4n) is 0.519. The second kappa shape index (κ2) is 7.80. The van der Waals surface area contributed by atoms with Gasteiger partial charge in [0.25, 0.3) is 0 Å². The van der Waals surface area contributed by atoms with Gasteiger partial charge in [0.1, 0.15) is 0 Å². The van der Waals surface area contributed by atoms with E-state index in [1.54, 1.807) is 0 Å². The molecule has 0 amide bonds. The van der Waals surface area contributed by atoms with E-state index in [4.69, 9.17) is 5.11 Å². The van der Waals surface area contributed by atoms with Gasteiger partial charge in [-0.2, -0.15) is 30.7 Å². The van der Waals surface area contributed by atoms with Crippen LogP contribution < -0.4 is 0 Å². The first-order chi connectivity index (χ1) is 9.60. The Morgan fingerprint density at radius 2 is 1.50 bits per heavy atom. The van der Waals surface area contributed by atoms with Gasteiger partial charge in [0.05, 0.1) is 0 Å². The van der Waals surface area contributed by atoms with Gasteiger partial charge in [0.2, 0.25) is 0 Å². The van der Waals surface area contributed by atoms with E-state index in [1.165, 1.54) is 6.92 Å². The predicted octanol–water partition coefficient (Wildman–Crippen LogP) is 3.20. The zero-order valence-electron chi connectivity index (χ0n) is 11.0. The molecule has 0 heterocycles. The molecule has 0 saturated heterocycles. The fourth-order valence-corrected chi connectivity index (χ4v) is 0.519. The van der Waals surface area contributed by atoms with Gasteiger partial charge < -0.3 is 9.84 Å². The highest BCUT2D eigenvalue weighted by molar-refractivity contribution is 5.84. The van der Waals surface area contributed by atoms with Crippen molar-refractivity contribution >= 4 is 11.9 Å². The van der Waals surface area contributed by atoms with E-state index in [2.05, 4.69) is 17.9 Å². The van der Waals surface area contributed by atoms with Gasteiger partial charge in [-0.3, -0.25) is 0 Å². The normalized spacial score (nSPS) is 11.8. The van der Waals surface area contributed by atoms with Crippen LogP contribution in [0.1, 0.15) is 6.92 Å². The van der Waals surface area contributed by atoms with Crippen molar-refractivity contribution in [3.05, 3.63) is 24.8 Å². The molecule has 0 bridgehead atoms. The average Bonchev–Trinajstić information content (AvgIpc) is 2.35. The van der Waals surface area contributed by atoms with Gasteiger partial charge in [0, 0.05) is 11.6 Å². The zero-order chi connectivity index (χ0) is 18.4. The lowest BCUT2D eigenvalue weighted by atomic mass is 10.2. The van der Waals surface area contributed by atoms with Gasteiger partial charge in [-0.15, -0.1) is 0 Å². The van der Waals surface area contributed by atoms with E-state index >= 15 is 0 Å². The highest BCUT2D eigenvalue weighted by atomic mass is 19.4. The van der Waals surface area contributed by atoms with Crippen molar-refractivity contribution in [1.82, 2.24) is 0 Å². The zero-order valence-corrected chi connectivity index (χ0v) is 11.0. The van der Waals surface area contributed by atoms with Crippen LogP contribution >= 0.6 is 0 Å². The number of hydrogen-bond donors (Lipinski definition) is 1. The predicted molar refractivity (Wildman–Crippen MR) is 59.6 cm³/mol. The summed E-state index contributed by atoms with van der Waals surface area (Å²) in [5.41, 5.74) is 0.176. The second-order valence-corrected chi connectivity index (χ2v) is 3.67. The third-order valence-electron chi connectivity index (χ3n) is 1.74. The molecule has 0 aromatic heterocycles. The van der Waals surface area contributed by atoms with Crippen LogP contribution in [0.25, 0.3) is 0 Å². The molecule has 11 heteroatoms. The fraction of sp³-hybridized carbons (Fsp3) is 0.455. The number of alkyl halides is 7. The number of carboxylic acid groups (broad SMARTS) is 1. The molecule has 0 aliphatic rings. The van der Waals surface area contributed by atoms with Gasteiger partial charge in [0.15, 0.2) is 6.61 Å². The summed E-state index contributed by atoms with van der Waals surface area (Å²) in [6, 6.07) is 0. The SMILES string of the molecule is C=C(C)C(=O)O.C=CC(=O)OCC(F)(F)C(F)(F)C(F)(F)F. The summed E-state index contributed by atoms with van der Waals surface area (Å²) < 4.78 is 87.3. The second-order valence-electron chi connectivity index (χ2n) is 3.67. The van der Waals surface area contributed by atoms with Crippen LogP contribution in [0.4, 0.5) is 30.7 Å². The molecule has 0 saturated carbocycles. The van der Waals surface area contributed by atoms with Gasteiger partial charge >= 0.3 is 30.0 Å². The Hall–Kier alpha value is -2.07. The highest BCUT2D eigenvalue weighted by Crippen LogP contribution is 2.46. The van der Waals surface area contributed by atoms with E-state index in [0.717, 1.165) is 0 Å². The van der Waals surface area contributed by atoms with Crippen LogP contribution in [0.5, 0.6) is 0 Å². The molecule has 0 radical (unpaired) electrons. The van der Waals surface area contributed by atoms with E-state index in [-0.39, 0.29) is 5.57 Å². The Morgan fingerprint density at radius 1 is 1.14 bits per heavy atom. The highest BCUT2D eigenvalue weighted by Gasteiger charge is 2.73. The number of carbonyl (C=O) groups excluding carboxylic acids is 1. The molecular formula is C11H11F7O4. The molecule has 0 aliphatic heterocycles. The molecule has 0 aliphatic carbocycles. The average molecular weight is 340 g/mol. The van der Waals surface area contributed by atoms with Crippen molar-refractivity contribution in [2.45, 2.75) is 24.9 Å². The van der Waals surface area contributed by atoms with Crippen LogP contribution in [0, 0.1) is 0 Å². The largest absolute Gasteiger partial charge is 0.478 e. The Balaban J connectivity index is 0. The lowest BCUT2D eigenvalue weighted by molar-refractivity contribution is -0.359.